The molecule has 3 rings (SSSR count). The van der Waals surface area contributed by atoms with Crippen molar-refractivity contribution in [3.8, 4) is 11.6 Å². The number of phenols is 1. The zero-order valence-corrected chi connectivity index (χ0v) is 14.6. The number of nitrogens with two attached hydrogens (primary N) is 1. The number of hydrogen-bond donors (Lipinski definition) is 4. The molecule has 0 spiro atoms. The Kier molecular flexibility index (Phi) is 5.08. The Balaban J connectivity index is 1.84. The van der Waals surface area contributed by atoms with Gasteiger partial charge in [0.1, 0.15) is 18.0 Å². The zero-order valence-electron chi connectivity index (χ0n) is 14.6. The molecule has 2 heterocycles. The van der Waals surface area contributed by atoms with Crippen LogP contribution in [0.25, 0.3) is 5.82 Å². The number of aromatic nitrogens is 5. The topological polar surface area (TPSA) is 162 Å². The van der Waals surface area contributed by atoms with E-state index in [0.29, 0.717) is 17.8 Å². The van der Waals surface area contributed by atoms with Gasteiger partial charge in [-0.05, 0) is 28.0 Å². The number of amides is 1. The van der Waals surface area contributed by atoms with E-state index in [4.69, 9.17) is 5.73 Å². The van der Waals surface area contributed by atoms with Crippen molar-refractivity contribution in [2.24, 2.45) is 5.10 Å². The Morgan fingerprint density at radius 2 is 2.26 bits per heavy atom. The van der Waals surface area contributed by atoms with Gasteiger partial charge >= 0.3 is 0 Å². The molecule has 0 fully saturated rings. The Hall–Kier alpha value is -3.80. The average molecular weight is 372 g/mol. The lowest BCUT2D eigenvalue weighted by atomic mass is 10.2. The van der Waals surface area contributed by atoms with E-state index in [9.17, 15) is 9.90 Å². The van der Waals surface area contributed by atoms with Gasteiger partial charge in [0.15, 0.2) is 5.69 Å². The molecule has 140 valence electrons. The third-order valence-corrected chi connectivity index (χ3v) is 3.45. The standard InChI is InChI=1S/C15H17N9O3/c1-23(2)8-11-12(18-22-24(11)14-13(16)20-27-21-14)15(26)19-17-7-9-4-3-5-10(25)6-9/h3-7,25H,8H2,1-2H3,(H2,16,20)(H,19,26)/p+1. The highest BCUT2D eigenvalue weighted by molar-refractivity contribution is 5.94. The summed E-state index contributed by atoms with van der Waals surface area (Å²) in [6, 6.07) is 6.44. The maximum Gasteiger partial charge on any atom is 0.294 e. The van der Waals surface area contributed by atoms with E-state index >= 15 is 0 Å². The number of nitrogen functional groups attached to an aromatic ring is 1. The van der Waals surface area contributed by atoms with Crippen molar-refractivity contribution in [1.29, 1.82) is 0 Å². The van der Waals surface area contributed by atoms with Crippen LogP contribution < -0.4 is 16.1 Å². The van der Waals surface area contributed by atoms with E-state index in [1.54, 1.807) is 12.1 Å². The fraction of sp³-hybridized carbons (Fsp3) is 0.200. The second kappa shape index (κ2) is 7.61. The predicted molar refractivity (Wildman–Crippen MR) is 93.3 cm³/mol. The predicted octanol–water partition coefficient (Wildman–Crippen LogP) is -1.65. The van der Waals surface area contributed by atoms with Gasteiger partial charge in [-0.1, -0.05) is 17.3 Å². The molecule has 12 heteroatoms. The Labute approximate surface area is 153 Å². The van der Waals surface area contributed by atoms with Gasteiger partial charge in [0.2, 0.25) is 11.6 Å². The monoisotopic (exact) mass is 372 g/mol. The van der Waals surface area contributed by atoms with Gasteiger partial charge in [-0.3, -0.25) is 4.79 Å². The highest BCUT2D eigenvalue weighted by Crippen LogP contribution is 2.15. The summed E-state index contributed by atoms with van der Waals surface area (Å²) in [5.74, 6) is -0.267. The lowest BCUT2D eigenvalue weighted by molar-refractivity contribution is -0.873. The number of nitrogens with one attached hydrogen (secondary N) is 2. The molecule has 0 atom stereocenters. The molecule has 2 aromatic heterocycles. The number of hydrazone groups is 1. The Bertz CT molecular complexity index is 977. The summed E-state index contributed by atoms with van der Waals surface area (Å²) in [5, 5.41) is 28.4. The first kappa shape index (κ1) is 18.0. The summed E-state index contributed by atoms with van der Waals surface area (Å²) in [4.78, 5) is 13.5. The molecular weight excluding hydrogens is 354 g/mol. The van der Waals surface area contributed by atoms with Crippen LogP contribution in [0.4, 0.5) is 5.82 Å². The number of nitrogens with zero attached hydrogens (tertiary/aromatic N) is 6. The number of quaternary nitrogens is 1. The van der Waals surface area contributed by atoms with Crippen LogP contribution >= 0.6 is 0 Å². The molecule has 0 aliphatic heterocycles. The molecule has 3 aromatic rings. The van der Waals surface area contributed by atoms with Crippen molar-refractivity contribution in [2.75, 3.05) is 19.8 Å². The van der Waals surface area contributed by atoms with Crippen molar-refractivity contribution in [3.63, 3.8) is 0 Å². The minimum Gasteiger partial charge on any atom is -0.508 e. The van der Waals surface area contributed by atoms with Gasteiger partial charge in [0.25, 0.3) is 5.91 Å². The molecule has 0 radical (unpaired) electrons. The second-order valence-electron chi connectivity index (χ2n) is 5.95. The molecule has 5 N–H and O–H groups in total. The summed E-state index contributed by atoms with van der Waals surface area (Å²) in [7, 11) is 3.81. The van der Waals surface area contributed by atoms with E-state index in [0.717, 1.165) is 4.90 Å². The average Bonchev–Trinajstić information content (AvgIpc) is 3.20. The largest absolute Gasteiger partial charge is 0.508 e. The molecule has 0 saturated carbocycles. The van der Waals surface area contributed by atoms with Gasteiger partial charge in [-0.25, -0.2) is 10.1 Å². The molecule has 27 heavy (non-hydrogen) atoms. The highest BCUT2D eigenvalue weighted by Gasteiger charge is 2.25. The first-order valence-corrected chi connectivity index (χ1v) is 7.90. The summed E-state index contributed by atoms with van der Waals surface area (Å²) < 4.78 is 5.90. The Morgan fingerprint density at radius 1 is 1.44 bits per heavy atom. The number of anilines is 1. The minimum atomic E-state index is -0.552. The van der Waals surface area contributed by atoms with Crippen molar-refractivity contribution in [2.45, 2.75) is 6.54 Å². The molecule has 0 aliphatic carbocycles. The molecule has 0 aliphatic rings. The molecule has 12 nitrogen and oxygen atoms in total. The number of carbonyl (C=O) groups excluding carboxylic acids is 1. The third kappa shape index (κ3) is 4.07. The van der Waals surface area contributed by atoms with Crippen molar-refractivity contribution < 1.29 is 19.4 Å². The van der Waals surface area contributed by atoms with Crippen LogP contribution in [0, 0.1) is 0 Å². The molecule has 1 amide bonds. The number of rotatable bonds is 6. The smallest absolute Gasteiger partial charge is 0.294 e. The SMILES string of the molecule is C[NH+](C)Cc1c(C(=O)NN=Cc2cccc(O)c2)nnn1-c1nonc1N. The first-order chi connectivity index (χ1) is 13.0. The van der Waals surface area contributed by atoms with E-state index in [1.807, 2.05) is 14.1 Å². The van der Waals surface area contributed by atoms with Crippen LogP contribution in [-0.4, -0.2) is 56.6 Å². The van der Waals surface area contributed by atoms with E-state index < -0.39 is 5.91 Å². The van der Waals surface area contributed by atoms with E-state index in [1.165, 1.54) is 23.0 Å². The zero-order chi connectivity index (χ0) is 19.4. The number of aromatic hydroxyl groups is 1. The van der Waals surface area contributed by atoms with Gasteiger partial charge in [-0.15, -0.1) is 5.10 Å². The number of benzene rings is 1. The Morgan fingerprint density at radius 3 is 2.93 bits per heavy atom. The molecule has 0 saturated heterocycles. The molecule has 0 unspecified atom stereocenters. The first-order valence-electron chi connectivity index (χ1n) is 7.90. The van der Waals surface area contributed by atoms with Crippen molar-refractivity contribution in [1.82, 2.24) is 30.7 Å². The van der Waals surface area contributed by atoms with Crippen molar-refractivity contribution in [3.05, 3.63) is 41.2 Å². The van der Waals surface area contributed by atoms with Crippen LogP contribution in [-0.2, 0) is 6.54 Å². The lowest BCUT2D eigenvalue weighted by Crippen LogP contribution is -3.04. The van der Waals surface area contributed by atoms with E-state index in [2.05, 4.69) is 35.8 Å². The summed E-state index contributed by atoms with van der Waals surface area (Å²) in [5.41, 5.74) is 9.27. The van der Waals surface area contributed by atoms with Crippen molar-refractivity contribution >= 4 is 17.9 Å². The third-order valence-electron chi connectivity index (χ3n) is 3.45. The van der Waals surface area contributed by atoms with Crippen LogP contribution in [0.15, 0.2) is 34.0 Å². The van der Waals surface area contributed by atoms with Crippen LogP contribution in [0.5, 0.6) is 5.75 Å². The van der Waals surface area contributed by atoms with Gasteiger partial charge < -0.3 is 15.7 Å². The van der Waals surface area contributed by atoms with E-state index in [-0.39, 0.29) is 23.1 Å². The quantitative estimate of drug-likeness (QED) is 0.295. The minimum absolute atomic E-state index is 0.0313. The van der Waals surface area contributed by atoms with Gasteiger partial charge in [0.05, 0.1) is 20.3 Å². The summed E-state index contributed by atoms with van der Waals surface area (Å²) in [6.07, 6.45) is 1.40. The number of carbonyl (C=O) groups is 1. The number of phenolic OH excluding ortho intramolecular Hbond substituents is 1. The van der Waals surface area contributed by atoms with Crippen LogP contribution in [0.3, 0.4) is 0 Å². The fourth-order valence-corrected chi connectivity index (χ4v) is 2.30. The summed E-state index contributed by atoms with van der Waals surface area (Å²) in [6.45, 7) is 0.415. The van der Waals surface area contributed by atoms with Gasteiger partial charge in [0, 0.05) is 0 Å². The van der Waals surface area contributed by atoms with Crippen LogP contribution in [0.2, 0.25) is 0 Å². The molecule has 1 aromatic carbocycles. The second-order valence-corrected chi connectivity index (χ2v) is 5.95. The molecule has 0 bridgehead atoms. The normalized spacial score (nSPS) is 11.4. The highest BCUT2D eigenvalue weighted by atomic mass is 16.6. The molecular formula is C15H18N9O3+. The van der Waals surface area contributed by atoms with Gasteiger partial charge in [-0.2, -0.15) is 9.78 Å². The maximum atomic E-state index is 12.5. The fourth-order valence-electron chi connectivity index (χ4n) is 2.30. The lowest BCUT2D eigenvalue weighted by Gasteiger charge is -2.08. The van der Waals surface area contributed by atoms with Crippen LogP contribution in [0.1, 0.15) is 21.7 Å². The summed E-state index contributed by atoms with van der Waals surface area (Å²) >= 11 is 0. The maximum absolute atomic E-state index is 12.5. The number of hydrogen-bond acceptors (Lipinski definition) is 9.